The van der Waals surface area contributed by atoms with Crippen LogP contribution in [0.2, 0.25) is 0 Å². The Hall–Kier alpha value is -2.95. The zero-order valence-electron chi connectivity index (χ0n) is 11.3. The average molecular weight is 280 g/mol. The molecule has 1 aromatic heterocycles. The van der Waals surface area contributed by atoms with Gasteiger partial charge in [0, 0.05) is 29.1 Å². The van der Waals surface area contributed by atoms with Crippen LogP contribution < -0.4 is 4.74 Å². The van der Waals surface area contributed by atoms with Gasteiger partial charge in [0.2, 0.25) is 0 Å². The Labute approximate surface area is 121 Å². The van der Waals surface area contributed by atoms with Crippen molar-refractivity contribution in [2.45, 2.75) is 0 Å². The highest BCUT2D eigenvalue weighted by Crippen LogP contribution is 2.32. The second-order valence-electron chi connectivity index (χ2n) is 4.53. The van der Waals surface area contributed by atoms with Gasteiger partial charge in [-0.3, -0.25) is 10.1 Å². The molecule has 104 valence electrons. The smallest absolute Gasteiger partial charge is 0.270 e. The van der Waals surface area contributed by atoms with Crippen LogP contribution in [0.4, 0.5) is 5.69 Å². The minimum Gasteiger partial charge on any atom is -0.496 e. The van der Waals surface area contributed by atoms with Gasteiger partial charge in [-0.15, -0.1) is 0 Å². The second kappa shape index (κ2) is 5.20. The molecule has 2 aromatic carbocycles. The van der Waals surface area contributed by atoms with Gasteiger partial charge in [0.25, 0.3) is 5.69 Å². The van der Waals surface area contributed by atoms with Gasteiger partial charge in [-0.25, -0.2) is 4.98 Å². The number of non-ortho nitro benzene ring substituents is 1. The van der Waals surface area contributed by atoms with Crippen molar-refractivity contribution in [3.63, 3.8) is 0 Å². The Bertz CT molecular complexity index is 816. The molecule has 0 amide bonds. The van der Waals surface area contributed by atoms with Gasteiger partial charge in [-0.05, 0) is 6.07 Å². The summed E-state index contributed by atoms with van der Waals surface area (Å²) in [5.41, 5.74) is 2.43. The van der Waals surface area contributed by atoms with E-state index in [0.717, 1.165) is 11.3 Å². The van der Waals surface area contributed by atoms with Crippen LogP contribution in [0, 0.1) is 10.1 Å². The molecule has 0 unspecified atom stereocenters. The van der Waals surface area contributed by atoms with Crippen molar-refractivity contribution in [2.24, 2.45) is 0 Å². The fraction of sp³-hybridized carbons (Fsp3) is 0.0625. The molecule has 0 bridgehead atoms. The molecule has 0 radical (unpaired) electrons. The minimum absolute atomic E-state index is 0.0232. The number of nitro groups is 1. The van der Waals surface area contributed by atoms with Crippen LogP contribution in [0.1, 0.15) is 0 Å². The summed E-state index contributed by atoms with van der Waals surface area (Å²) in [7, 11) is 1.54. The number of aromatic nitrogens is 1. The fourth-order valence-electron chi connectivity index (χ4n) is 2.22. The summed E-state index contributed by atoms with van der Waals surface area (Å²) in [6, 6.07) is 16.1. The van der Waals surface area contributed by atoms with Gasteiger partial charge in [-0.2, -0.15) is 0 Å². The van der Waals surface area contributed by atoms with Gasteiger partial charge < -0.3 is 4.74 Å². The van der Waals surface area contributed by atoms with Crippen LogP contribution in [0.3, 0.4) is 0 Å². The molecule has 5 heteroatoms. The molecule has 21 heavy (non-hydrogen) atoms. The molecular formula is C16H12N2O3. The van der Waals surface area contributed by atoms with Gasteiger partial charge >= 0.3 is 0 Å². The third-order valence-corrected chi connectivity index (χ3v) is 3.25. The number of hydrogen-bond donors (Lipinski definition) is 0. The molecule has 0 fully saturated rings. The fourth-order valence-corrected chi connectivity index (χ4v) is 2.22. The van der Waals surface area contributed by atoms with E-state index in [0.29, 0.717) is 16.7 Å². The molecule has 5 nitrogen and oxygen atoms in total. The van der Waals surface area contributed by atoms with Gasteiger partial charge in [-0.1, -0.05) is 30.3 Å². The standard InChI is InChI=1S/C16H12N2O3/c1-21-16-10-15(11-5-3-2-4-6-11)17-14-8-7-12(18(19)20)9-13(14)16/h2-10H,1H3. The first-order valence-corrected chi connectivity index (χ1v) is 6.37. The highest BCUT2D eigenvalue weighted by molar-refractivity contribution is 5.89. The first-order chi connectivity index (χ1) is 10.2. The number of nitro benzene ring substituents is 1. The lowest BCUT2D eigenvalue weighted by atomic mass is 10.1. The summed E-state index contributed by atoms with van der Waals surface area (Å²) >= 11 is 0. The number of pyridine rings is 1. The summed E-state index contributed by atoms with van der Waals surface area (Å²) in [5, 5.41) is 11.5. The third kappa shape index (κ3) is 2.41. The van der Waals surface area contributed by atoms with Crippen molar-refractivity contribution in [3.8, 4) is 17.0 Å². The zero-order chi connectivity index (χ0) is 14.8. The predicted molar refractivity (Wildman–Crippen MR) is 80.4 cm³/mol. The topological polar surface area (TPSA) is 65.3 Å². The summed E-state index contributed by atoms with van der Waals surface area (Å²) in [6.07, 6.45) is 0. The van der Waals surface area contributed by atoms with Crippen LogP contribution in [0.25, 0.3) is 22.2 Å². The quantitative estimate of drug-likeness (QED) is 0.540. The van der Waals surface area contributed by atoms with Crippen molar-refractivity contribution >= 4 is 16.6 Å². The molecule has 0 aliphatic heterocycles. The lowest BCUT2D eigenvalue weighted by molar-refractivity contribution is -0.384. The van der Waals surface area contributed by atoms with Crippen LogP contribution >= 0.6 is 0 Å². The number of methoxy groups -OCH3 is 1. The molecule has 1 heterocycles. The average Bonchev–Trinajstić information content (AvgIpc) is 2.54. The second-order valence-corrected chi connectivity index (χ2v) is 4.53. The number of benzene rings is 2. The van der Waals surface area contributed by atoms with Crippen molar-refractivity contribution in [1.82, 2.24) is 4.98 Å². The molecule has 0 atom stereocenters. The van der Waals surface area contributed by atoms with Crippen molar-refractivity contribution in [3.05, 3.63) is 64.7 Å². The Morgan fingerprint density at radius 2 is 1.86 bits per heavy atom. The molecule has 0 saturated heterocycles. The summed E-state index contributed by atoms with van der Waals surface area (Å²) in [6.45, 7) is 0. The first-order valence-electron chi connectivity index (χ1n) is 6.37. The number of ether oxygens (including phenoxy) is 1. The molecule has 0 saturated carbocycles. The van der Waals surface area contributed by atoms with E-state index in [1.165, 1.54) is 12.1 Å². The van der Waals surface area contributed by atoms with E-state index in [4.69, 9.17) is 4.74 Å². The SMILES string of the molecule is COc1cc(-c2ccccc2)nc2ccc([N+](=O)[O-])cc12. The van der Waals surface area contributed by atoms with Crippen LogP contribution in [0.5, 0.6) is 5.75 Å². The Morgan fingerprint density at radius 3 is 2.52 bits per heavy atom. The molecule has 0 N–H and O–H groups in total. The first kappa shape index (κ1) is 13.1. The maximum Gasteiger partial charge on any atom is 0.270 e. The number of hydrogen-bond acceptors (Lipinski definition) is 4. The highest BCUT2D eigenvalue weighted by atomic mass is 16.6. The summed E-state index contributed by atoms with van der Waals surface area (Å²) in [5.74, 6) is 0.572. The number of nitrogens with zero attached hydrogens (tertiary/aromatic N) is 2. The predicted octanol–water partition coefficient (Wildman–Crippen LogP) is 3.82. The van der Waals surface area contributed by atoms with Crippen molar-refractivity contribution in [2.75, 3.05) is 7.11 Å². The van der Waals surface area contributed by atoms with Crippen LogP contribution in [0.15, 0.2) is 54.6 Å². The summed E-state index contributed by atoms with van der Waals surface area (Å²) in [4.78, 5) is 15.0. The van der Waals surface area contributed by atoms with Crippen molar-refractivity contribution < 1.29 is 9.66 Å². The Balaban J connectivity index is 2.23. The van der Waals surface area contributed by atoms with E-state index in [-0.39, 0.29) is 5.69 Å². The molecule has 3 aromatic rings. The Kier molecular flexibility index (Phi) is 3.23. The molecule has 0 aliphatic carbocycles. The maximum absolute atomic E-state index is 10.9. The normalized spacial score (nSPS) is 10.5. The monoisotopic (exact) mass is 280 g/mol. The van der Waals surface area contributed by atoms with Crippen LogP contribution in [-0.2, 0) is 0 Å². The van der Waals surface area contributed by atoms with Gasteiger partial charge in [0.15, 0.2) is 0 Å². The van der Waals surface area contributed by atoms with Crippen LogP contribution in [-0.4, -0.2) is 17.0 Å². The largest absolute Gasteiger partial charge is 0.496 e. The highest BCUT2D eigenvalue weighted by Gasteiger charge is 2.12. The third-order valence-electron chi connectivity index (χ3n) is 3.25. The van der Waals surface area contributed by atoms with E-state index in [9.17, 15) is 10.1 Å². The zero-order valence-corrected chi connectivity index (χ0v) is 11.3. The lowest BCUT2D eigenvalue weighted by Crippen LogP contribution is -1.93. The molecule has 3 rings (SSSR count). The van der Waals surface area contributed by atoms with E-state index in [2.05, 4.69) is 4.98 Å². The van der Waals surface area contributed by atoms with Gasteiger partial charge in [0.1, 0.15) is 5.75 Å². The van der Waals surface area contributed by atoms with E-state index >= 15 is 0 Å². The molecule has 0 aliphatic rings. The lowest BCUT2D eigenvalue weighted by Gasteiger charge is -2.08. The molecular weight excluding hydrogens is 268 g/mol. The number of fused-ring (bicyclic) bond motifs is 1. The van der Waals surface area contributed by atoms with E-state index in [1.54, 1.807) is 19.2 Å². The maximum atomic E-state index is 10.9. The Morgan fingerprint density at radius 1 is 1.10 bits per heavy atom. The summed E-state index contributed by atoms with van der Waals surface area (Å²) < 4.78 is 5.36. The van der Waals surface area contributed by atoms with Gasteiger partial charge in [0.05, 0.1) is 23.2 Å². The van der Waals surface area contributed by atoms with E-state index < -0.39 is 4.92 Å². The molecule has 0 spiro atoms. The van der Waals surface area contributed by atoms with Crippen molar-refractivity contribution in [1.29, 1.82) is 0 Å². The number of rotatable bonds is 3. The van der Waals surface area contributed by atoms with E-state index in [1.807, 2.05) is 30.3 Å². The minimum atomic E-state index is -0.427.